The van der Waals surface area contributed by atoms with Crippen LogP contribution in [0.1, 0.15) is 34.0 Å². The Morgan fingerprint density at radius 3 is 2.66 bits per heavy atom. The van der Waals surface area contributed by atoms with Gasteiger partial charge in [0.1, 0.15) is 11.9 Å². The van der Waals surface area contributed by atoms with Gasteiger partial charge in [0.05, 0.1) is 34.1 Å². The fourth-order valence-corrected chi connectivity index (χ4v) is 4.34. The number of carbonyl (C=O) groups excluding carboxylic acids is 2. The first kappa shape index (κ1) is 21.7. The van der Waals surface area contributed by atoms with Crippen molar-refractivity contribution in [2.75, 3.05) is 16.3 Å². The van der Waals surface area contributed by atoms with Gasteiger partial charge in [-0.1, -0.05) is 0 Å². The number of thiocarbonyl (C=S) groups is 1. The number of benzene rings is 2. The van der Waals surface area contributed by atoms with Crippen LogP contribution in [0.25, 0.3) is 0 Å². The molecule has 2 heterocycles. The number of amides is 2. The number of halogens is 4. The van der Waals surface area contributed by atoms with Crippen LogP contribution in [0.2, 0.25) is 0 Å². The van der Waals surface area contributed by atoms with Crippen molar-refractivity contribution in [1.29, 1.82) is 5.26 Å². The quantitative estimate of drug-likeness (QED) is 0.558. The van der Waals surface area contributed by atoms with E-state index in [-0.39, 0.29) is 28.5 Å². The van der Waals surface area contributed by atoms with Gasteiger partial charge in [-0.3, -0.25) is 14.5 Å². The molecule has 1 atom stereocenters. The van der Waals surface area contributed by atoms with E-state index < -0.39 is 41.0 Å². The maximum Gasteiger partial charge on any atom is 0.417 e. The molecule has 1 unspecified atom stereocenters. The molecule has 2 amide bonds. The average Bonchev–Trinajstić information content (AvgIpc) is 3.21. The smallest absolute Gasteiger partial charge is 0.352 e. The minimum absolute atomic E-state index is 0.109. The van der Waals surface area contributed by atoms with Crippen LogP contribution in [-0.4, -0.2) is 29.5 Å². The maximum absolute atomic E-state index is 14.6. The van der Waals surface area contributed by atoms with E-state index in [9.17, 15) is 27.2 Å². The third-order valence-electron chi connectivity index (χ3n) is 5.32. The van der Waals surface area contributed by atoms with Gasteiger partial charge in [-0.25, -0.2) is 4.39 Å². The third-order valence-corrected chi connectivity index (χ3v) is 5.70. The summed E-state index contributed by atoms with van der Waals surface area (Å²) in [5, 5.41) is 11.4. The Kier molecular flexibility index (Phi) is 5.13. The highest BCUT2D eigenvalue weighted by Crippen LogP contribution is 2.42. The summed E-state index contributed by atoms with van der Waals surface area (Å²) in [6, 6.07) is 5.96. The van der Waals surface area contributed by atoms with Crippen LogP contribution in [0.15, 0.2) is 30.3 Å². The van der Waals surface area contributed by atoms with Gasteiger partial charge in [-0.05, 0) is 55.0 Å². The van der Waals surface area contributed by atoms with Gasteiger partial charge < -0.3 is 10.2 Å². The normalized spacial score (nSPS) is 17.3. The van der Waals surface area contributed by atoms with E-state index in [0.717, 1.165) is 17.0 Å². The molecule has 164 valence electrons. The molecular formula is C21H14F4N4O2S. The number of hydrogen-bond donors (Lipinski definition) is 1. The van der Waals surface area contributed by atoms with Crippen LogP contribution in [0.4, 0.5) is 28.9 Å². The largest absolute Gasteiger partial charge is 0.417 e. The summed E-state index contributed by atoms with van der Waals surface area (Å²) in [4.78, 5) is 27.5. The lowest BCUT2D eigenvalue weighted by atomic mass is 10.0. The molecule has 0 spiro atoms. The van der Waals surface area contributed by atoms with Crippen molar-refractivity contribution in [1.82, 2.24) is 5.32 Å². The average molecular weight is 462 g/mol. The number of alkyl halides is 3. The Morgan fingerprint density at radius 2 is 2.03 bits per heavy atom. The lowest BCUT2D eigenvalue weighted by molar-refractivity contribution is -0.137. The van der Waals surface area contributed by atoms with Crippen LogP contribution in [0.5, 0.6) is 0 Å². The van der Waals surface area contributed by atoms with Crippen molar-refractivity contribution in [2.45, 2.75) is 25.6 Å². The van der Waals surface area contributed by atoms with Crippen molar-refractivity contribution in [2.24, 2.45) is 0 Å². The zero-order valence-corrected chi connectivity index (χ0v) is 17.3. The minimum Gasteiger partial charge on any atom is -0.352 e. The molecular weight excluding hydrogens is 448 g/mol. The zero-order valence-electron chi connectivity index (χ0n) is 16.5. The lowest BCUT2D eigenvalue weighted by Gasteiger charge is -2.21. The van der Waals surface area contributed by atoms with Crippen LogP contribution >= 0.6 is 12.2 Å². The number of anilines is 2. The predicted octanol–water partition coefficient (Wildman–Crippen LogP) is 3.53. The maximum atomic E-state index is 14.6. The van der Waals surface area contributed by atoms with Gasteiger partial charge in [0, 0.05) is 13.0 Å². The van der Waals surface area contributed by atoms with Crippen LogP contribution in [-0.2, 0) is 17.4 Å². The second kappa shape index (κ2) is 7.56. The Labute approximate surface area is 185 Å². The molecule has 1 saturated heterocycles. The number of hydrogen-bond acceptors (Lipinski definition) is 4. The lowest BCUT2D eigenvalue weighted by Crippen LogP contribution is -2.33. The van der Waals surface area contributed by atoms with Crippen molar-refractivity contribution in [3.63, 3.8) is 0 Å². The predicted molar refractivity (Wildman–Crippen MR) is 111 cm³/mol. The first-order valence-corrected chi connectivity index (χ1v) is 9.88. The Balaban J connectivity index is 1.73. The number of rotatable bonds is 3. The second-order valence-corrected chi connectivity index (χ2v) is 7.57. The second-order valence-electron chi connectivity index (χ2n) is 7.21. The number of nitrogens with one attached hydrogen (secondary N) is 1. The highest BCUT2D eigenvalue weighted by Gasteiger charge is 2.49. The van der Waals surface area contributed by atoms with E-state index in [1.807, 2.05) is 0 Å². The minimum atomic E-state index is -4.80. The van der Waals surface area contributed by atoms with Gasteiger partial charge in [0.25, 0.3) is 11.8 Å². The highest BCUT2D eigenvalue weighted by atomic mass is 32.1. The summed E-state index contributed by atoms with van der Waals surface area (Å²) < 4.78 is 54.7. The van der Waals surface area contributed by atoms with E-state index >= 15 is 0 Å². The van der Waals surface area contributed by atoms with Gasteiger partial charge in [-0.2, -0.15) is 18.4 Å². The molecule has 0 aromatic heterocycles. The number of nitriles is 1. The Bertz CT molecular complexity index is 1220. The standard InChI is InChI=1S/C21H14F4N4O2S/c1-2-27-18(30)13-5-11-6-17-19(31)28(20(32)29(17)16(11)8-15(13)22)12-4-3-10(9-26)14(7-12)21(23,24)25/h3-5,7-8,17H,2,6H2,1H3,(H,27,30). The molecule has 1 fully saturated rings. The topological polar surface area (TPSA) is 76.4 Å². The highest BCUT2D eigenvalue weighted by molar-refractivity contribution is 7.81. The fourth-order valence-electron chi connectivity index (χ4n) is 3.92. The summed E-state index contributed by atoms with van der Waals surface area (Å²) in [6.45, 7) is 2.00. The monoisotopic (exact) mass is 462 g/mol. The summed E-state index contributed by atoms with van der Waals surface area (Å²) in [6.07, 6.45) is -4.69. The van der Waals surface area contributed by atoms with Crippen molar-refractivity contribution < 1.29 is 27.2 Å². The molecule has 2 aromatic carbocycles. The van der Waals surface area contributed by atoms with Crippen molar-refractivity contribution in [3.05, 3.63) is 58.4 Å². The van der Waals surface area contributed by atoms with E-state index in [1.165, 1.54) is 23.1 Å². The van der Waals surface area contributed by atoms with Crippen molar-refractivity contribution in [3.8, 4) is 6.07 Å². The SMILES string of the molecule is CCNC(=O)c1cc2c(cc1F)N1C(=S)N(c3ccc(C#N)c(C(F)(F)F)c3)C(=O)C1C2. The van der Waals surface area contributed by atoms with Crippen LogP contribution in [0, 0.1) is 17.1 Å². The molecule has 6 nitrogen and oxygen atoms in total. The molecule has 11 heteroatoms. The van der Waals surface area contributed by atoms with Crippen molar-refractivity contribution >= 4 is 40.5 Å². The molecule has 0 saturated carbocycles. The summed E-state index contributed by atoms with van der Waals surface area (Å²) in [5.74, 6) is -1.97. The first-order chi connectivity index (χ1) is 15.1. The van der Waals surface area contributed by atoms with Gasteiger partial charge in [0.2, 0.25) is 0 Å². The van der Waals surface area contributed by atoms with Gasteiger partial charge in [0.15, 0.2) is 5.11 Å². The third kappa shape index (κ3) is 3.27. The molecule has 0 radical (unpaired) electrons. The molecule has 2 aromatic rings. The summed E-state index contributed by atoms with van der Waals surface area (Å²) in [5.41, 5.74) is -1.25. The molecule has 2 aliphatic heterocycles. The number of carbonyl (C=O) groups is 2. The molecule has 0 aliphatic carbocycles. The van der Waals surface area contributed by atoms with E-state index in [2.05, 4.69) is 5.32 Å². The van der Waals surface area contributed by atoms with Crippen LogP contribution < -0.4 is 15.1 Å². The zero-order chi connectivity index (χ0) is 23.4. The van der Waals surface area contributed by atoms with E-state index in [1.54, 1.807) is 6.92 Å². The first-order valence-electron chi connectivity index (χ1n) is 9.47. The number of nitrogens with zero attached hydrogens (tertiary/aromatic N) is 3. The molecule has 1 N–H and O–H groups in total. The van der Waals surface area contributed by atoms with Gasteiger partial charge in [-0.15, -0.1) is 0 Å². The van der Waals surface area contributed by atoms with E-state index in [4.69, 9.17) is 17.5 Å². The molecule has 2 aliphatic rings. The molecule has 0 bridgehead atoms. The van der Waals surface area contributed by atoms with Crippen LogP contribution in [0.3, 0.4) is 0 Å². The Morgan fingerprint density at radius 1 is 1.31 bits per heavy atom. The number of fused-ring (bicyclic) bond motifs is 3. The summed E-state index contributed by atoms with van der Waals surface area (Å²) in [7, 11) is 0. The van der Waals surface area contributed by atoms with E-state index in [0.29, 0.717) is 18.2 Å². The summed E-state index contributed by atoms with van der Waals surface area (Å²) >= 11 is 5.36. The Hall–Kier alpha value is -3.52. The molecule has 4 rings (SSSR count). The fraction of sp³-hybridized carbons (Fsp3) is 0.238. The van der Waals surface area contributed by atoms with Gasteiger partial charge >= 0.3 is 6.18 Å². The molecule has 32 heavy (non-hydrogen) atoms.